The summed E-state index contributed by atoms with van der Waals surface area (Å²) in [6.07, 6.45) is -1.08. The van der Waals surface area contributed by atoms with Crippen LogP contribution in [0.4, 0.5) is 0 Å². The van der Waals surface area contributed by atoms with Crippen LogP contribution in [-0.2, 0) is 18.1 Å². The number of hydrogen-bond acceptors (Lipinski definition) is 6. The maximum atomic E-state index is 11.1. The van der Waals surface area contributed by atoms with Gasteiger partial charge in [-0.3, -0.25) is 13.6 Å². The molecule has 0 aliphatic rings. The van der Waals surface area contributed by atoms with Crippen LogP contribution in [0.1, 0.15) is 0 Å². The third kappa shape index (κ3) is 4.15. The average Bonchev–Trinajstić information content (AvgIpc) is 2.13. The molecule has 0 bridgehead atoms. The lowest BCUT2D eigenvalue weighted by Gasteiger charge is -2.14. The highest BCUT2D eigenvalue weighted by Crippen LogP contribution is 2.47. The van der Waals surface area contributed by atoms with Gasteiger partial charge >= 0.3 is 7.82 Å². The van der Waals surface area contributed by atoms with Crippen molar-refractivity contribution in [3.63, 3.8) is 0 Å². The van der Waals surface area contributed by atoms with Crippen LogP contribution in [0, 0.1) is 0 Å². The fraction of sp³-hybridized carbons (Fsp3) is 1.00. The van der Waals surface area contributed by atoms with E-state index in [0.29, 0.717) is 0 Å². The zero-order chi connectivity index (χ0) is 9.61. The molecule has 0 radical (unpaired) electrons. The maximum absolute atomic E-state index is 11.1. The number of rotatable bonds is 6. The predicted molar refractivity (Wildman–Crippen MR) is 40.7 cm³/mol. The summed E-state index contributed by atoms with van der Waals surface area (Å²) in [5.41, 5.74) is 0. The lowest BCUT2D eigenvalue weighted by molar-refractivity contribution is 0.0362. The van der Waals surface area contributed by atoms with E-state index in [4.69, 9.17) is 10.2 Å². The van der Waals surface area contributed by atoms with Gasteiger partial charge in [0.2, 0.25) is 0 Å². The number of hydrogen-bond donors (Lipinski definition) is 2. The summed E-state index contributed by atoms with van der Waals surface area (Å²) in [4.78, 5) is 0. The molecule has 0 aliphatic carbocycles. The molecular formula is C5H13O6P. The van der Waals surface area contributed by atoms with Gasteiger partial charge in [-0.1, -0.05) is 0 Å². The molecule has 0 unspecified atom stereocenters. The molecular weight excluding hydrogens is 187 g/mol. The van der Waals surface area contributed by atoms with Crippen LogP contribution in [0.5, 0.6) is 0 Å². The largest absolute Gasteiger partial charge is 0.474 e. The van der Waals surface area contributed by atoms with E-state index in [0.717, 1.165) is 14.2 Å². The highest BCUT2D eigenvalue weighted by atomic mass is 31.2. The Bertz CT molecular complexity index is 152. The lowest BCUT2D eigenvalue weighted by Crippen LogP contribution is -2.18. The Hall–Kier alpha value is 0.0300. The molecule has 0 aromatic rings. The first-order valence-electron chi connectivity index (χ1n) is 3.23. The Morgan fingerprint density at radius 3 is 2.25 bits per heavy atom. The van der Waals surface area contributed by atoms with E-state index in [2.05, 4.69) is 13.6 Å². The van der Waals surface area contributed by atoms with Gasteiger partial charge in [-0.25, -0.2) is 4.57 Å². The summed E-state index contributed by atoms with van der Waals surface area (Å²) < 4.78 is 24.5. The van der Waals surface area contributed by atoms with E-state index in [9.17, 15) is 4.57 Å². The fourth-order valence-corrected chi connectivity index (χ4v) is 1.12. The third-order valence-corrected chi connectivity index (χ3v) is 2.44. The Balaban J connectivity index is 3.81. The van der Waals surface area contributed by atoms with E-state index >= 15 is 0 Å². The van der Waals surface area contributed by atoms with Gasteiger partial charge in [-0.2, -0.15) is 0 Å². The minimum Gasteiger partial charge on any atom is -0.394 e. The third-order valence-electron chi connectivity index (χ3n) is 1.08. The first-order valence-corrected chi connectivity index (χ1v) is 4.69. The monoisotopic (exact) mass is 200 g/mol. The molecule has 0 aromatic carbocycles. The molecule has 0 rings (SSSR count). The van der Waals surface area contributed by atoms with Crippen LogP contribution < -0.4 is 0 Å². The molecule has 2 N–H and O–H groups in total. The van der Waals surface area contributed by atoms with Crippen molar-refractivity contribution >= 4 is 7.82 Å². The molecule has 74 valence electrons. The number of phosphoric ester groups is 1. The molecule has 0 aromatic heterocycles. The molecule has 0 saturated carbocycles. The Morgan fingerprint density at radius 1 is 1.42 bits per heavy atom. The molecule has 6 nitrogen and oxygen atoms in total. The van der Waals surface area contributed by atoms with Gasteiger partial charge in [-0.15, -0.1) is 0 Å². The van der Waals surface area contributed by atoms with Crippen molar-refractivity contribution in [2.75, 3.05) is 27.4 Å². The van der Waals surface area contributed by atoms with Crippen molar-refractivity contribution in [1.29, 1.82) is 0 Å². The first-order chi connectivity index (χ1) is 5.58. The van der Waals surface area contributed by atoms with Gasteiger partial charge in [0.15, 0.2) is 0 Å². The van der Waals surface area contributed by atoms with E-state index in [1.165, 1.54) is 0 Å². The second-order valence-corrected chi connectivity index (χ2v) is 3.83. The van der Waals surface area contributed by atoms with Crippen molar-refractivity contribution in [2.45, 2.75) is 6.10 Å². The van der Waals surface area contributed by atoms with Crippen LogP contribution in [-0.4, -0.2) is 43.8 Å². The Morgan fingerprint density at radius 2 is 1.92 bits per heavy atom. The van der Waals surface area contributed by atoms with Crippen LogP contribution in [0.25, 0.3) is 0 Å². The van der Waals surface area contributed by atoms with Gasteiger partial charge in [0, 0.05) is 14.2 Å². The SMILES string of the molecule is COP(=O)(OC)OC[C@H](O)CO. The number of aliphatic hydroxyl groups is 2. The quantitative estimate of drug-likeness (QED) is 0.575. The molecule has 1 atom stereocenters. The number of phosphoric acid groups is 1. The topological polar surface area (TPSA) is 85.2 Å². The summed E-state index contributed by atoms with van der Waals surface area (Å²) in [6.45, 7) is -0.761. The summed E-state index contributed by atoms with van der Waals surface area (Å²) in [5.74, 6) is 0. The molecule has 0 spiro atoms. The number of aliphatic hydroxyl groups excluding tert-OH is 2. The second-order valence-electron chi connectivity index (χ2n) is 1.94. The van der Waals surface area contributed by atoms with Crippen LogP contribution in [0.3, 0.4) is 0 Å². The lowest BCUT2D eigenvalue weighted by atomic mass is 10.4. The highest BCUT2D eigenvalue weighted by Gasteiger charge is 2.23. The maximum Gasteiger partial charge on any atom is 0.474 e. The second kappa shape index (κ2) is 5.64. The van der Waals surface area contributed by atoms with Gasteiger partial charge in [0.1, 0.15) is 6.10 Å². The Labute approximate surface area is 70.7 Å². The molecule has 0 saturated heterocycles. The minimum atomic E-state index is -3.52. The standard InChI is InChI=1S/C5H13O6P/c1-9-12(8,10-2)11-4-5(7)3-6/h5-7H,3-4H2,1-2H3/t5-/m1/s1. The van der Waals surface area contributed by atoms with Crippen molar-refractivity contribution in [3.8, 4) is 0 Å². The fourth-order valence-electron chi connectivity index (χ4n) is 0.410. The highest BCUT2D eigenvalue weighted by molar-refractivity contribution is 7.48. The van der Waals surface area contributed by atoms with Gasteiger partial charge in [-0.05, 0) is 0 Å². The first kappa shape index (κ1) is 12.0. The summed E-state index contributed by atoms with van der Waals surface area (Å²) in [6, 6.07) is 0. The van der Waals surface area contributed by atoms with Crippen LogP contribution in [0.15, 0.2) is 0 Å². The molecule has 0 aliphatic heterocycles. The predicted octanol–water partition coefficient (Wildman–Crippen LogP) is -0.243. The van der Waals surface area contributed by atoms with Crippen molar-refractivity contribution in [2.24, 2.45) is 0 Å². The van der Waals surface area contributed by atoms with Crippen LogP contribution >= 0.6 is 7.82 Å². The summed E-state index contributed by atoms with van der Waals surface area (Å²) in [5, 5.41) is 17.2. The zero-order valence-electron chi connectivity index (χ0n) is 6.97. The normalized spacial score (nSPS) is 14.7. The van der Waals surface area contributed by atoms with Crippen molar-refractivity contribution < 1.29 is 28.3 Å². The molecule has 12 heavy (non-hydrogen) atoms. The molecule has 0 amide bonds. The van der Waals surface area contributed by atoms with E-state index < -0.39 is 20.5 Å². The zero-order valence-corrected chi connectivity index (χ0v) is 7.86. The Kier molecular flexibility index (Phi) is 5.65. The van der Waals surface area contributed by atoms with Gasteiger partial charge in [0.05, 0.1) is 13.2 Å². The van der Waals surface area contributed by atoms with Crippen molar-refractivity contribution in [1.82, 2.24) is 0 Å². The molecule has 7 heteroatoms. The van der Waals surface area contributed by atoms with E-state index in [-0.39, 0.29) is 6.61 Å². The van der Waals surface area contributed by atoms with Gasteiger partial charge < -0.3 is 10.2 Å². The van der Waals surface area contributed by atoms with Crippen molar-refractivity contribution in [3.05, 3.63) is 0 Å². The summed E-state index contributed by atoms with van der Waals surface area (Å²) >= 11 is 0. The van der Waals surface area contributed by atoms with E-state index in [1.807, 2.05) is 0 Å². The minimum absolute atomic E-state index is 0.296. The van der Waals surface area contributed by atoms with Gasteiger partial charge in [0.25, 0.3) is 0 Å². The smallest absolute Gasteiger partial charge is 0.394 e. The van der Waals surface area contributed by atoms with Crippen LogP contribution in [0.2, 0.25) is 0 Å². The molecule has 0 fully saturated rings. The average molecular weight is 200 g/mol. The summed E-state index contributed by atoms with van der Waals surface area (Å²) in [7, 11) is -1.19. The molecule has 0 heterocycles. The van der Waals surface area contributed by atoms with E-state index in [1.54, 1.807) is 0 Å².